The van der Waals surface area contributed by atoms with Crippen LogP contribution in [-0.4, -0.2) is 15.1 Å². The second-order valence-corrected chi connectivity index (χ2v) is 8.30. The zero-order valence-electron chi connectivity index (χ0n) is 12.9. The van der Waals surface area contributed by atoms with E-state index in [1.54, 1.807) is 0 Å². The third kappa shape index (κ3) is 3.39. The molecule has 0 spiro atoms. The van der Waals surface area contributed by atoms with Gasteiger partial charge in [-0.1, -0.05) is 47.5 Å². The van der Waals surface area contributed by atoms with Crippen LogP contribution in [0.25, 0.3) is 0 Å². The van der Waals surface area contributed by atoms with Gasteiger partial charge >= 0.3 is 0 Å². The Morgan fingerprint density at radius 2 is 1.79 bits per heavy atom. The molecule has 3 nitrogen and oxygen atoms in total. The Balaban J connectivity index is 1.73. The van der Waals surface area contributed by atoms with Crippen LogP contribution in [-0.2, 0) is 15.4 Å². The number of rotatable bonds is 4. The lowest BCUT2D eigenvalue weighted by molar-refractivity contribution is 0.199. The summed E-state index contributed by atoms with van der Waals surface area (Å²) in [6, 6.07) is 15.2. The molecular weight excluding hydrogens is 365 g/mol. The van der Waals surface area contributed by atoms with E-state index in [4.69, 9.17) is 27.4 Å². The van der Waals surface area contributed by atoms with E-state index in [9.17, 15) is 4.21 Å². The Bertz CT molecular complexity index is 764. The van der Waals surface area contributed by atoms with Gasteiger partial charge in [0, 0.05) is 16.6 Å². The van der Waals surface area contributed by atoms with Gasteiger partial charge in [-0.05, 0) is 54.2 Å². The highest BCUT2D eigenvalue weighted by molar-refractivity contribution is 7.78. The standard InChI is InChI=1S/C18H17Cl2NO2S/c19-15-8-6-13(7-9-15)17-18(14-2-1-3-16(20)10-14)23-24(22)21(17)11-12-4-5-12/h1-3,6-10,12,17-18H,4-5,11H2/t17-,18-,24?/m1/s1. The molecule has 0 amide bonds. The van der Waals surface area contributed by atoms with Gasteiger partial charge in [0.2, 0.25) is 11.3 Å². The SMILES string of the molecule is O=S1O[C@H](c2cccc(Cl)c2)[C@@H](c2ccc(Cl)cc2)N1CC1CC1. The fourth-order valence-corrected chi connectivity index (χ4v) is 4.67. The Morgan fingerprint density at radius 1 is 1.04 bits per heavy atom. The first kappa shape index (κ1) is 16.6. The maximum atomic E-state index is 12.6. The molecule has 1 saturated carbocycles. The van der Waals surface area contributed by atoms with Crippen LogP contribution in [0.15, 0.2) is 48.5 Å². The van der Waals surface area contributed by atoms with E-state index >= 15 is 0 Å². The molecule has 0 N–H and O–H groups in total. The minimum atomic E-state index is -1.46. The van der Waals surface area contributed by atoms with Crippen LogP contribution in [0.4, 0.5) is 0 Å². The fourth-order valence-electron chi connectivity index (χ4n) is 3.09. The zero-order chi connectivity index (χ0) is 16.7. The largest absolute Gasteiger partial charge is 0.268 e. The lowest BCUT2D eigenvalue weighted by Crippen LogP contribution is -2.27. The van der Waals surface area contributed by atoms with Gasteiger partial charge < -0.3 is 0 Å². The molecule has 1 aliphatic heterocycles. The van der Waals surface area contributed by atoms with E-state index in [2.05, 4.69) is 0 Å². The van der Waals surface area contributed by atoms with Crippen molar-refractivity contribution in [3.63, 3.8) is 0 Å². The number of nitrogens with zero attached hydrogens (tertiary/aromatic N) is 1. The molecule has 0 bridgehead atoms. The van der Waals surface area contributed by atoms with Gasteiger partial charge in [0.25, 0.3) is 0 Å². The van der Waals surface area contributed by atoms with Crippen molar-refractivity contribution in [1.82, 2.24) is 4.31 Å². The molecule has 1 saturated heterocycles. The Morgan fingerprint density at radius 3 is 2.46 bits per heavy atom. The summed E-state index contributed by atoms with van der Waals surface area (Å²) in [6.45, 7) is 0.789. The van der Waals surface area contributed by atoms with Gasteiger partial charge in [-0.2, -0.15) is 4.31 Å². The smallest absolute Gasteiger partial charge is 0.238 e. The first-order valence-electron chi connectivity index (χ1n) is 7.98. The molecule has 1 heterocycles. The molecule has 2 aliphatic rings. The summed E-state index contributed by atoms with van der Waals surface area (Å²) in [5, 5.41) is 1.34. The third-order valence-corrected chi connectivity index (χ3v) is 6.12. The van der Waals surface area contributed by atoms with Crippen LogP contribution < -0.4 is 0 Å². The average Bonchev–Trinajstić information content (AvgIpc) is 3.32. The van der Waals surface area contributed by atoms with E-state index in [0.717, 1.165) is 17.7 Å². The van der Waals surface area contributed by atoms with Gasteiger partial charge in [-0.15, -0.1) is 0 Å². The van der Waals surface area contributed by atoms with Crippen molar-refractivity contribution < 1.29 is 8.39 Å². The topological polar surface area (TPSA) is 29.5 Å². The molecule has 1 unspecified atom stereocenters. The van der Waals surface area contributed by atoms with Crippen LogP contribution in [0.5, 0.6) is 0 Å². The lowest BCUT2D eigenvalue weighted by atomic mass is 9.95. The first-order valence-corrected chi connectivity index (χ1v) is 9.77. The van der Waals surface area contributed by atoms with Crippen LogP contribution in [0.2, 0.25) is 10.0 Å². The summed E-state index contributed by atoms with van der Waals surface area (Å²) < 4.78 is 20.4. The molecular formula is C18H17Cl2NO2S. The lowest BCUT2D eigenvalue weighted by Gasteiger charge is -2.24. The molecule has 2 fully saturated rings. The predicted octanol–water partition coefficient (Wildman–Crippen LogP) is 5.10. The van der Waals surface area contributed by atoms with Gasteiger partial charge in [-0.3, -0.25) is 4.18 Å². The number of hydrogen-bond donors (Lipinski definition) is 0. The highest BCUT2D eigenvalue weighted by atomic mass is 35.5. The minimum absolute atomic E-state index is 0.109. The van der Waals surface area contributed by atoms with E-state index in [1.165, 1.54) is 12.8 Å². The van der Waals surface area contributed by atoms with Crippen molar-refractivity contribution in [2.75, 3.05) is 6.54 Å². The molecule has 1 aliphatic carbocycles. The summed E-state index contributed by atoms with van der Waals surface area (Å²) in [7, 11) is 0. The number of halogens is 2. The van der Waals surface area contributed by atoms with E-state index < -0.39 is 11.3 Å². The van der Waals surface area contributed by atoms with E-state index in [-0.39, 0.29) is 12.1 Å². The zero-order valence-corrected chi connectivity index (χ0v) is 15.2. The first-order chi connectivity index (χ1) is 11.6. The number of benzene rings is 2. The quantitative estimate of drug-likeness (QED) is 0.737. The molecule has 6 heteroatoms. The summed E-state index contributed by atoms with van der Waals surface area (Å²) >= 11 is 10.7. The maximum Gasteiger partial charge on any atom is 0.238 e. The molecule has 24 heavy (non-hydrogen) atoms. The monoisotopic (exact) mass is 381 g/mol. The molecule has 0 radical (unpaired) electrons. The molecule has 0 aromatic heterocycles. The van der Waals surface area contributed by atoms with Crippen molar-refractivity contribution in [2.45, 2.75) is 25.0 Å². The maximum absolute atomic E-state index is 12.6. The fraction of sp³-hybridized carbons (Fsp3) is 0.333. The summed E-state index contributed by atoms with van der Waals surface area (Å²) in [5.74, 6) is 0.616. The molecule has 4 rings (SSSR count). The summed E-state index contributed by atoms with van der Waals surface area (Å²) in [5.41, 5.74) is 1.99. The van der Waals surface area contributed by atoms with Crippen molar-refractivity contribution in [3.8, 4) is 0 Å². The third-order valence-electron chi connectivity index (χ3n) is 4.50. The molecule has 3 atom stereocenters. The second kappa shape index (κ2) is 6.77. The van der Waals surface area contributed by atoms with E-state index in [0.29, 0.717) is 16.0 Å². The van der Waals surface area contributed by atoms with Gasteiger partial charge in [0.05, 0.1) is 6.04 Å². The van der Waals surface area contributed by atoms with Crippen LogP contribution in [0.3, 0.4) is 0 Å². The van der Waals surface area contributed by atoms with Gasteiger partial charge in [0.1, 0.15) is 6.10 Å². The molecule has 2 aromatic rings. The van der Waals surface area contributed by atoms with Gasteiger partial charge in [0.15, 0.2) is 0 Å². The Kier molecular flexibility index (Phi) is 4.67. The number of hydrogen-bond acceptors (Lipinski definition) is 2. The Labute approximate surface area is 154 Å². The average molecular weight is 382 g/mol. The van der Waals surface area contributed by atoms with Crippen molar-refractivity contribution in [1.29, 1.82) is 0 Å². The molecule has 126 valence electrons. The van der Waals surface area contributed by atoms with Crippen molar-refractivity contribution in [3.05, 3.63) is 69.7 Å². The van der Waals surface area contributed by atoms with Crippen LogP contribution in [0.1, 0.15) is 36.1 Å². The normalized spacial score (nSPS) is 27.5. The highest BCUT2D eigenvalue weighted by Crippen LogP contribution is 2.46. The molecule has 2 aromatic carbocycles. The van der Waals surface area contributed by atoms with Gasteiger partial charge in [-0.25, -0.2) is 4.21 Å². The Hall–Kier alpha value is -0.910. The predicted molar refractivity (Wildman–Crippen MR) is 97.0 cm³/mol. The van der Waals surface area contributed by atoms with Crippen molar-refractivity contribution in [2.24, 2.45) is 5.92 Å². The second-order valence-electron chi connectivity index (χ2n) is 6.33. The highest BCUT2D eigenvalue weighted by Gasteiger charge is 2.45. The van der Waals surface area contributed by atoms with Crippen LogP contribution in [0, 0.1) is 5.92 Å². The van der Waals surface area contributed by atoms with Crippen LogP contribution >= 0.6 is 23.2 Å². The van der Waals surface area contributed by atoms with E-state index in [1.807, 2.05) is 52.8 Å². The summed E-state index contributed by atoms with van der Waals surface area (Å²) in [6.07, 6.45) is 2.08. The summed E-state index contributed by atoms with van der Waals surface area (Å²) in [4.78, 5) is 0. The van der Waals surface area contributed by atoms with Crippen molar-refractivity contribution >= 4 is 34.5 Å². The minimum Gasteiger partial charge on any atom is -0.268 e.